The number of aromatic nitrogens is 1. The maximum Gasteiger partial charge on any atom is 0.313 e. The zero-order valence-electron chi connectivity index (χ0n) is 14.8. The van der Waals surface area contributed by atoms with E-state index in [-0.39, 0.29) is 53.7 Å². The molecular weight excluding hydrogens is 379 g/mol. The summed E-state index contributed by atoms with van der Waals surface area (Å²) in [5, 5.41) is 13.5. The number of carbonyl (C=O) groups excluding carboxylic acids is 1. The molecule has 1 unspecified atom stereocenters. The quantitative estimate of drug-likeness (QED) is 0.835. The summed E-state index contributed by atoms with van der Waals surface area (Å²) in [6, 6.07) is 4.15. The molecule has 0 aliphatic carbocycles. The average molecular weight is 397 g/mol. The Labute approximate surface area is 159 Å². The number of aliphatic carboxylic acids is 1. The van der Waals surface area contributed by atoms with Crippen LogP contribution in [0.3, 0.4) is 0 Å². The molecule has 2 aromatic rings. The van der Waals surface area contributed by atoms with E-state index in [1.807, 2.05) is 0 Å². The molecule has 0 spiro atoms. The lowest BCUT2D eigenvalue weighted by Gasteiger charge is -2.23. The molecule has 0 saturated carbocycles. The second-order valence-corrected chi connectivity index (χ2v) is 6.96. The standard InChI is InChI=1S/C18H18ClFN2O5/c1-10-13(15(21-27-10)14-11(19)4-3-5-12(14)20)16(23)22-7-6-18(8-22,9-26-2)17(24)25/h3-5H,6-9H2,1-2H3,(H,24,25). The van der Waals surface area contributed by atoms with Gasteiger partial charge in [0.15, 0.2) is 0 Å². The summed E-state index contributed by atoms with van der Waals surface area (Å²) < 4.78 is 24.5. The van der Waals surface area contributed by atoms with Crippen LogP contribution >= 0.6 is 11.6 Å². The molecule has 1 saturated heterocycles. The van der Waals surface area contributed by atoms with Crippen LogP contribution in [0.5, 0.6) is 0 Å². The van der Waals surface area contributed by atoms with Crippen molar-refractivity contribution in [2.24, 2.45) is 5.41 Å². The number of carbonyl (C=O) groups is 2. The third-order valence-electron chi connectivity index (χ3n) is 4.79. The van der Waals surface area contributed by atoms with Gasteiger partial charge in [0.05, 0.1) is 17.2 Å². The molecule has 144 valence electrons. The molecule has 1 amide bonds. The van der Waals surface area contributed by atoms with Crippen LogP contribution in [0.25, 0.3) is 11.3 Å². The number of carboxylic acid groups (broad SMARTS) is 1. The first-order valence-electron chi connectivity index (χ1n) is 8.23. The van der Waals surface area contributed by atoms with Crippen LogP contribution in [-0.2, 0) is 9.53 Å². The first-order valence-corrected chi connectivity index (χ1v) is 8.61. The molecular formula is C18H18ClFN2O5. The Morgan fingerprint density at radius 3 is 2.85 bits per heavy atom. The highest BCUT2D eigenvalue weighted by atomic mass is 35.5. The molecule has 1 fully saturated rings. The van der Waals surface area contributed by atoms with E-state index < -0.39 is 23.1 Å². The Kier molecular flexibility index (Phi) is 5.21. The smallest absolute Gasteiger partial charge is 0.313 e. The van der Waals surface area contributed by atoms with Crippen LogP contribution < -0.4 is 0 Å². The first-order chi connectivity index (χ1) is 12.8. The second-order valence-electron chi connectivity index (χ2n) is 6.55. The van der Waals surface area contributed by atoms with Crippen molar-refractivity contribution in [3.8, 4) is 11.3 Å². The van der Waals surface area contributed by atoms with E-state index >= 15 is 0 Å². The highest BCUT2D eigenvalue weighted by Gasteiger charge is 2.47. The summed E-state index contributed by atoms with van der Waals surface area (Å²) in [5.41, 5.74) is -1.13. The fourth-order valence-corrected chi connectivity index (χ4v) is 3.61. The van der Waals surface area contributed by atoms with Gasteiger partial charge in [0.25, 0.3) is 5.91 Å². The highest BCUT2D eigenvalue weighted by molar-refractivity contribution is 6.33. The van der Waals surface area contributed by atoms with Gasteiger partial charge in [0.1, 0.15) is 28.2 Å². The summed E-state index contributed by atoms with van der Waals surface area (Å²) >= 11 is 6.10. The summed E-state index contributed by atoms with van der Waals surface area (Å²) in [4.78, 5) is 26.2. The molecule has 1 aliphatic heterocycles. The number of rotatable bonds is 5. The van der Waals surface area contributed by atoms with Crippen LogP contribution in [0.4, 0.5) is 4.39 Å². The van der Waals surface area contributed by atoms with E-state index in [2.05, 4.69) is 5.16 Å². The number of hydrogen-bond donors (Lipinski definition) is 1. The van der Waals surface area contributed by atoms with Crippen LogP contribution in [0, 0.1) is 18.2 Å². The number of methoxy groups -OCH3 is 1. The maximum absolute atomic E-state index is 14.3. The Bertz CT molecular complexity index is 880. The molecule has 1 atom stereocenters. The first kappa shape index (κ1) is 19.3. The number of carboxylic acids is 1. The minimum atomic E-state index is -1.18. The fourth-order valence-electron chi connectivity index (χ4n) is 3.35. The lowest BCUT2D eigenvalue weighted by molar-refractivity contribution is -0.151. The third kappa shape index (κ3) is 3.30. The van der Waals surface area contributed by atoms with Crippen molar-refractivity contribution in [2.45, 2.75) is 13.3 Å². The molecule has 1 N–H and O–H groups in total. The van der Waals surface area contributed by atoms with E-state index in [1.54, 1.807) is 0 Å². The molecule has 0 radical (unpaired) electrons. The molecule has 9 heteroatoms. The number of amides is 1. The average Bonchev–Trinajstić information content (AvgIpc) is 3.20. The predicted octanol–water partition coefficient (Wildman–Crippen LogP) is 3.01. The van der Waals surface area contributed by atoms with Crippen molar-refractivity contribution in [3.63, 3.8) is 0 Å². The minimum absolute atomic E-state index is 0.000154. The Morgan fingerprint density at radius 1 is 1.48 bits per heavy atom. The Hall–Kier alpha value is -2.45. The van der Waals surface area contributed by atoms with Crippen molar-refractivity contribution < 1.29 is 28.3 Å². The number of halogens is 2. The lowest BCUT2D eigenvalue weighted by Crippen LogP contribution is -2.40. The molecule has 1 aromatic heterocycles. The van der Waals surface area contributed by atoms with E-state index in [4.69, 9.17) is 20.9 Å². The number of ether oxygens (including phenoxy) is 1. The van der Waals surface area contributed by atoms with Crippen molar-refractivity contribution in [1.29, 1.82) is 0 Å². The van der Waals surface area contributed by atoms with Crippen molar-refractivity contribution in [1.82, 2.24) is 10.1 Å². The number of aryl methyl sites for hydroxylation is 1. The topological polar surface area (TPSA) is 92.9 Å². The van der Waals surface area contributed by atoms with Gasteiger partial charge in [-0.1, -0.05) is 22.8 Å². The number of benzene rings is 1. The van der Waals surface area contributed by atoms with Crippen LogP contribution in [0.15, 0.2) is 22.7 Å². The van der Waals surface area contributed by atoms with E-state index in [0.29, 0.717) is 0 Å². The number of nitrogens with zero attached hydrogens (tertiary/aromatic N) is 2. The maximum atomic E-state index is 14.3. The van der Waals surface area contributed by atoms with Crippen molar-refractivity contribution in [3.05, 3.63) is 40.4 Å². The summed E-state index contributed by atoms with van der Waals surface area (Å²) in [6.45, 7) is 1.72. The summed E-state index contributed by atoms with van der Waals surface area (Å²) in [5.74, 6) is -1.94. The van der Waals surface area contributed by atoms with E-state index in [1.165, 1.54) is 37.1 Å². The zero-order valence-corrected chi connectivity index (χ0v) is 15.5. The van der Waals surface area contributed by atoms with Crippen molar-refractivity contribution >= 4 is 23.5 Å². The SMILES string of the molecule is COCC1(C(=O)O)CCN(C(=O)c2c(-c3c(F)cccc3Cl)noc2C)C1. The monoisotopic (exact) mass is 396 g/mol. The van der Waals surface area contributed by atoms with Gasteiger partial charge >= 0.3 is 5.97 Å². The number of hydrogen-bond acceptors (Lipinski definition) is 5. The predicted molar refractivity (Wildman–Crippen MR) is 94.1 cm³/mol. The minimum Gasteiger partial charge on any atom is -0.481 e. The van der Waals surface area contributed by atoms with Crippen LogP contribution in [-0.4, -0.2) is 53.8 Å². The van der Waals surface area contributed by atoms with Crippen LogP contribution in [0.2, 0.25) is 5.02 Å². The molecule has 0 bridgehead atoms. The normalized spacial score (nSPS) is 19.5. The van der Waals surface area contributed by atoms with Gasteiger partial charge in [-0.05, 0) is 25.5 Å². The molecule has 3 rings (SSSR count). The van der Waals surface area contributed by atoms with E-state index in [9.17, 15) is 19.1 Å². The van der Waals surface area contributed by atoms with Crippen molar-refractivity contribution in [2.75, 3.05) is 26.8 Å². The Balaban J connectivity index is 1.98. The molecule has 2 heterocycles. The fraction of sp³-hybridized carbons (Fsp3) is 0.389. The summed E-state index contributed by atoms with van der Waals surface area (Å²) in [7, 11) is 1.41. The van der Waals surface area contributed by atoms with Gasteiger partial charge in [-0.25, -0.2) is 4.39 Å². The zero-order chi connectivity index (χ0) is 19.8. The Morgan fingerprint density at radius 2 is 2.22 bits per heavy atom. The molecule has 1 aliphatic rings. The molecule has 7 nitrogen and oxygen atoms in total. The second kappa shape index (κ2) is 7.28. The van der Waals surface area contributed by atoms with Gasteiger partial charge in [-0.3, -0.25) is 9.59 Å². The molecule has 27 heavy (non-hydrogen) atoms. The van der Waals surface area contributed by atoms with Gasteiger partial charge < -0.3 is 19.3 Å². The third-order valence-corrected chi connectivity index (χ3v) is 5.11. The van der Waals surface area contributed by atoms with Gasteiger partial charge in [-0.15, -0.1) is 0 Å². The van der Waals surface area contributed by atoms with Gasteiger partial charge in [0, 0.05) is 20.2 Å². The summed E-state index contributed by atoms with van der Waals surface area (Å²) in [6.07, 6.45) is 0.252. The highest BCUT2D eigenvalue weighted by Crippen LogP contribution is 2.37. The van der Waals surface area contributed by atoms with Gasteiger partial charge in [0.2, 0.25) is 0 Å². The van der Waals surface area contributed by atoms with E-state index in [0.717, 1.165) is 0 Å². The van der Waals surface area contributed by atoms with Crippen LogP contribution in [0.1, 0.15) is 22.5 Å². The molecule has 1 aromatic carbocycles. The largest absolute Gasteiger partial charge is 0.481 e. The number of likely N-dealkylation sites (tertiary alicyclic amines) is 1. The van der Waals surface area contributed by atoms with Gasteiger partial charge in [-0.2, -0.15) is 0 Å². The lowest BCUT2D eigenvalue weighted by atomic mass is 9.88.